The lowest BCUT2D eigenvalue weighted by atomic mass is 10.1. The minimum atomic E-state index is -0.467. The molecule has 0 aromatic carbocycles. The number of hydrogen-bond donors (Lipinski definition) is 2. The molecule has 1 aliphatic rings. The van der Waals surface area contributed by atoms with Gasteiger partial charge in [-0.1, -0.05) is 11.6 Å². The Hall–Kier alpha value is -0.300. The van der Waals surface area contributed by atoms with Crippen molar-refractivity contribution in [3.05, 3.63) is 19.8 Å². The van der Waals surface area contributed by atoms with Crippen LogP contribution in [0.25, 0.3) is 0 Å². The van der Waals surface area contributed by atoms with Crippen LogP contribution >= 0.6 is 38.9 Å². The van der Waals surface area contributed by atoms with E-state index in [0.717, 1.165) is 34.6 Å². The van der Waals surface area contributed by atoms with Gasteiger partial charge < -0.3 is 15.4 Å². The second-order valence-electron chi connectivity index (χ2n) is 6.51. The average Bonchev–Trinajstić information content (AvgIpc) is 2.92. The molecule has 1 saturated carbocycles. The predicted octanol–water partition coefficient (Wildman–Crippen LogP) is 4.70. The highest BCUT2D eigenvalue weighted by Gasteiger charge is 2.29. The Morgan fingerprint density at radius 2 is 2.14 bits per heavy atom. The van der Waals surface area contributed by atoms with Gasteiger partial charge in [-0.15, -0.1) is 11.3 Å². The standard InChI is InChI=1S/C15H22BrClN2O2S/c1-15(2,3)21-14(20)19-12-6-4-5-11(12)18-8-9-7-10(16)13(17)22-9/h7,11-12,18H,4-6,8H2,1-3H3,(H,19,20). The molecule has 0 saturated heterocycles. The van der Waals surface area contributed by atoms with Gasteiger partial charge >= 0.3 is 6.09 Å². The zero-order valence-corrected chi connectivity index (χ0v) is 16.2. The molecule has 2 atom stereocenters. The zero-order chi connectivity index (χ0) is 16.3. The molecule has 4 nitrogen and oxygen atoms in total. The monoisotopic (exact) mass is 408 g/mol. The van der Waals surface area contributed by atoms with Crippen molar-refractivity contribution < 1.29 is 9.53 Å². The van der Waals surface area contributed by atoms with Crippen LogP contribution in [0.2, 0.25) is 4.34 Å². The van der Waals surface area contributed by atoms with E-state index in [2.05, 4.69) is 26.6 Å². The van der Waals surface area contributed by atoms with Gasteiger partial charge in [-0.05, 0) is 62.0 Å². The summed E-state index contributed by atoms with van der Waals surface area (Å²) in [6.45, 7) is 6.37. The molecule has 124 valence electrons. The summed E-state index contributed by atoms with van der Waals surface area (Å²) in [4.78, 5) is 13.1. The Labute approximate surface area is 149 Å². The van der Waals surface area contributed by atoms with E-state index < -0.39 is 5.60 Å². The summed E-state index contributed by atoms with van der Waals surface area (Å²) >= 11 is 11.0. The van der Waals surface area contributed by atoms with Crippen molar-refractivity contribution in [2.24, 2.45) is 0 Å². The lowest BCUT2D eigenvalue weighted by Crippen LogP contribution is -2.47. The number of hydrogen-bond acceptors (Lipinski definition) is 4. The molecule has 0 bridgehead atoms. The fraction of sp³-hybridized carbons (Fsp3) is 0.667. The third-order valence-corrected chi connectivity index (χ3v) is 5.93. The van der Waals surface area contributed by atoms with E-state index in [0.29, 0.717) is 0 Å². The molecule has 1 aromatic rings. The zero-order valence-electron chi connectivity index (χ0n) is 13.0. The first kappa shape index (κ1) is 18.0. The van der Waals surface area contributed by atoms with Crippen molar-refractivity contribution in [2.45, 2.75) is 64.3 Å². The van der Waals surface area contributed by atoms with E-state index >= 15 is 0 Å². The Kier molecular flexibility index (Phi) is 6.16. The van der Waals surface area contributed by atoms with Crippen LogP contribution < -0.4 is 10.6 Å². The first-order chi connectivity index (χ1) is 10.2. The Bertz CT molecular complexity index is 511. The lowest BCUT2D eigenvalue weighted by molar-refractivity contribution is 0.0498. The number of carbonyl (C=O) groups excluding carboxylic acids is 1. The van der Waals surface area contributed by atoms with Crippen LogP contribution in [0.3, 0.4) is 0 Å². The molecule has 1 aliphatic carbocycles. The molecule has 1 amide bonds. The molecule has 1 fully saturated rings. The third kappa shape index (κ3) is 5.41. The van der Waals surface area contributed by atoms with E-state index in [4.69, 9.17) is 16.3 Å². The summed E-state index contributed by atoms with van der Waals surface area (Å²) in [7, 11) is 0. The maximum absolute atomic E-state index is 11.9. The highest BCUT2D eigenvalue weighted by molar-refractivity contribution is 9.10. The number of carbonyl (C=O) groups is 1. The van der Waals surface area contributed by atoms with E-state index in [-0.39, 0.29) is 18.2 Å². The van der Waals surface area contributed by atoms with E-state index in [9.17, 15) is 4.79 Å². The van der Waals surface area contributed by atoms with Crippen molar-refractivity contribution >= 4 is 45.0 Å². The number of rotatable bonds is 4. The van der Waals surface area contributed by atoms with Crippen LogP contribution in [0.1, 0.15) is 44.9 Å². The number of halogens is 2. The largest absolute Gasteiger partial charge is 0.444 e. The molecular weight excluding hydrogens is 388 g/mol. The van der Waals surface area contributed by atoms with Gasteiger partial charge in [-0.2, -0.15) is 0 Å². The van der Waals surface area contributed by atoms with Crippen molar-refractivity contribution in [1.82, 2.24) is 10.6 Å². The highest BCUT2D eigenvalue weighted by Crippen LogP contribution is 2.32. The molecular formula is C15H22BrClN2O2S. The summed E-state index contributed by atoms with van der Waals surface area (Å²) in [6, 6.07) is 2.42. The summed E-state index contributed by atoms with van der Waals surface area (Å²) in [5.74, 6) is 0. The van der Waals surface area contributed by atoms with E-state index in [1.807, 2.05) is 26.8 Å². The first-order valence-corrected chi connectivity index (χ1v) is 9.40. The fourth-order valence-electron chi connectivity index (χ4n) is 2.55. The molecule has 0 aliphatic heterocycles. The van der Waals surface area contributed by atoms with Crippen molar-refractivity contribution in [3.63, 3.8) is 0 Å². The van der Waals surface area contributed by atoms with Crippen molar-refractivity contribution in [3.8, 4) is 0 Å². The normalized spacial score (nSPS) is 21.9. The smallest absolute Gasteiger partial charge is 0.407 e. The van der Waals surface area contributed by atoms with Crippen molar-refractivity contribution in [1.29, 1.82) is 0 Å². The molecule has 1 heterocycles. The van der Waals surface area contributed by atoms with Crippen LogP contribution in [-0.4, -0.2) is 23.8 Å². The number of ether oxygens (including phenoxy) is 1. The third-order valence-electron chi connectivity index (χ3n) is 3.45. The molecule has 2 unspecified atom stereocenters. The minimum Gasteiger partial charge on any atom is -0.444 e. The average molecular weight is 410 g/mol. The maximum Gasteiger partial charge on any atom is 0.407 e. The van der Waals surface area contributed by atoms with Crippen LogP contribution in [0.5, 0.6) is 0 Å². The van der Waals surface area contributed by atoms with Gasteiger partial charge in [0.25, 0.3) is 0 Å². The number of thiophene rings is 1. The predicted molar refractivity (Wildman–Crippen MR) is 94.7 cm³/mol. The molecule has 1 aromatic heterocycles. The van der Waals surface area contributed by atoms with E-state index in [1.54, 1.807) is 11.3 Å². The van der Waals surface area contributed by atoms with E-state index in [1.165, 1.54) is 4.88 Å². The number of nitrogens with one attached hydrogen (secondary N) is 2. The summed E-state index contributed by atoms with van der Waals surface area (Å²) in [6.07, 6.45) is 2.80. The number of amides is 1. The van der Waals surface area contributed by atoms with Gasteiger partial charge in [0.2, 0.25) is 0 Å². The van der Waals surface area contributed by atoms with Gasteiger partial charge in [0.05, 0.1) is 0 Å². The van der Waals surface area contributed by atoms with Crippen LogP contribution in [0.15, 0.2) is 10.5 Å². The fourth-order valence-corrected chi connectivity index (χ4v) is 4.29. The van der Waals surface area contributed by atoms with Gasteiger partial charge in [0.1, 0.15) is 9.94 Å². The second-order valence-corrected chi connectivity index (χ2v) is 9.10. The topological polar surface area (TPSA) is 50.4 Å². The maximum atomic E-state index is 11.9. The van der Waals surface area contributed by atoms with Crippen LogP contribution in [0.4, 0.5) is 4.79 Å². The molecule has 0 spiro atoms. The Balaban J connectivity index is 1.84. The molecule has 22 heavy (non-hydrogen) atoms. The number of alkyl carbamates (subject to hydrolysis) is 1. The van der Waals surface area contributed by atoms with Gasteiger partial charge in [0, 0.05) is 28.0 Å². The van der Waals surface area contributed by atoms with Gasteiger partial charge in [-0.25, -0.2) is 4.79 Å². The summed E-state index contributed by atoms with van der Waals surface area (Å²) in [5.41, 5.74) is -0.467. The second kappa shape index (κ2) is 7.51. The van der Waals surface area contributed by atoms with Crippen LogP contribution in [-0.2, 0) is 11.3 Å². The van der Waals surface area contributed by atoms with Crippen LogP contribution in [0, 0.1) is 0 Å². The first-order valence-electron chi connectivity index (χ1n) is 7.41. The Morgan fingerprint density at radius 3 is 2.73 bits per heavy atom. The molecule has 0 radical (unpaired) electrons. The molecule has 2 N–H and O–H groups in total. The minimum absolute atomic E-state index is 0.119. The quantitative estimate of drug-likeness (QED) is 0.758. The lowest BCUT2D eigenvalue weighted by Gasteiger charge is -2.25. The summed E-state index contributed by atoms with van der Waals surface area (Å²) < 4.78 is 7.04. The Morgan fingerprint density at radius 1 is 1.45 bits per heavy atom. The van der Waals surface area contributed by atoms with Gasteiger partial charge in [-0.3, -0.25) is 0 Å². The summed E-state index contributed by atoms with van der Waals surface area (Å²) in [5, 5.41) is 6.50. The van der Waals surface area contributed by atoms with Crippen molar-refractivity contribution in [2.75, 3.05) is 0 Å². The molecule has 7 heteroatoms. The SMILES string of the molecule is CC(C)(C)OC(=O)NC1CCCC1NCc1cc(Br)c(Cl)s1. The molecule has 2 rings (SSSR count). The van der Waals surface area contributed by atoms with Gasteiger partial charge in [0.15, 0.2) is 0 Å². The highest BCUT2D eigenvalue weighted by atomic mass is 79.9.